The first-order valence-corrected chi connectivity index (χ1v) is 5.40. The van der Waals surface area contributed by atoms with Crippen LogP contribution in [0.4, 0.5) is 0 Å². The molecule has 0 bridgehead atoms. The molecule has 3 aromatic rings. The van der Waals surface area contributed by atoms with Crippen LogP contribution in [0.3, 0.4) is 0 Å². The second-order valence-electron chi connectivity index (χ2n) is 3.87. The summed E-state index contributed by atoms with van der Waals surface area (Å²) >= 11 is 0. The average molecular weight is 223 g/mol. The molecule has 0 aliphatic carbocycles. The first kappa shape index (κ1) is 10.1. The molecule has 0 aliphatic rings. The average Bonchev–Trinajstić information content (AvgIpc) is 2.81. The first-order chi connectivity index (χ1) is 8.36. The van der Waals surface area contributed by atoms with Gasteiger partial charge in [0.05, 0.1) is 5.66 Å². The molecule has 1 aromatic carbocycles. The molecular formula is C13H10BNO2. The topological polar surface area (TPSA) is 46.3 Å². The maximum Gasteiger partial charge on any atom is 0.347 e. The van der Waals surface area contributed by atoms with Crippen LogP contribution < -0.4 is 5.66 Å². The van der Waals surface area contributed by atoms with Gasteiger partial charge in [0.15, 0.2) is 0 Å². The fourth-order valence-electron chi connectivity index (χ4n) is 1.89. The van der Waals surface area contributed by atoms with E-state index in [9.17, 15) is 0 Å². The highest BCUT2D eigenvalue weighted by Gasteiger charge is 2.05. The molecule has 0 saturated heterocycles. The molecule has 0 unspecified atom stereocenters. The summed E-state index contributed by atoms with van der Waals surface area (Å²) < 4.78 is 5.44. The normalized spacial score (nSPS) is 10.6. The van der Waals surface area contributed by atoms with Crippen LogP contribution in [0.25, 0.3) is 22.1 Å². The molecule has 0 aliphatic heterocycles. The second-order valence-corrected chi connectivity index (χ2v) is 3.87. The fraction of sp³-hybridized carbons (Fsp3) is 0. The molecule has 2 aromatic heterocycles. The van der Waals surface area contributed by atoms with E-state index in [4.69, 9.17) is 9.44 Å². The van der Waals surface area contributed by atoms with E-state index in [1.807, 2.05) is 42.6 Å². The Morgan fingerprint density at radius 1 is 1.12 bits per heavy atom. The van der Waals surface area contributed by atoms with Crippen molar-refractivity contribution in [2.75, 3.05) is 0 Å². The van der Waals surface area contributed by atoms with E-state index in [2.05, 4.69) is 4.98 Å². The summed E-state index contributed by atoms with van der Waals surface area (Å²) in [7, 11) is -0.0725. The molecule has 0 amide bonds. The standard InChI is InChI=1S/C13H10BNO2/c16-14-13-7-11-6-9(3-4-12(11)17-13)10-2-1-5-15-8-10/h1-8,14,16H. The summed E-state index contributed by atoms with van der Waals surface area (Å²) in [5, 5.41) is 10.0. The van der Waals surface area contributed by atoms with Crippen LogP contribution in [-0.2, 0) is 0 Å². The van der Waals surface area contributed by atoms with Crippen molar-refractivity contribution in [1.29, 1.82) is 0 Å². The van der Waals surface area contributed by atoms with Crippen molar-refractivity contribution in [2.24, 2.45) is 0 Å². The Labute approximate surface area is 99.0 Å². The third kappa shape index (κ3) is 1.83. The summed E-state index contributed by atoms with van der Waals surface area (Å²) in [4.78, 5) is 4.10. The molecule has 0 saturated carbocycles. The Bertz CT molecular complexity index is 649. The zero-order valence-electron chi connectivity index (χ0n) is 9.13. The summed E-state index contributed by atoms with van der Waals surface area (Å²) in [6, 6.07) is 11.7. The zero-order chi connectivity index (χ0) is 11.7. The van der Waals surface area contributed by atoms with Gasteiger partial charge < -0.3 is 9.44 Å². The van der Waals surface area contributed by atoms with Crippen molar-refractivity contribution >= 4 is 24.1 Å². The summed E-state index contributed by atoms with van der Waals surface area (Å²) in [5.74, 6) is 0. The number of nitrogens with zero attached hydrogens (tertiary/aromatic N) is 1. The Hall–Kier alpha value is -2.07. The minimum Gasteiger partial charge on any atom is -0.468 e. The third-order valence-corrected chi connectivity index (χ3v) is 2.72. The van der Waals surface area contributed by atoms with Crippen LogP contribution in [0, 0.1) is 0 Å². The van der Waals surface area contributed by atoms with Crippen LogP contribution in [0.15, 0.2) is 53.2 Å². The molecule has 82 valence electrons. The van der Waals surface area contributed by atoms with Crippen molar-refractivity contribution in [1.82, 2.24) is 4.98 Å². The monoisotopic (exact) mass is 223 g/mol. The summed E-state index contributed by atoms with van der Waals surface area (Å²) in [5.41, 5.74) is 3.54. The molecule has 3 nitrogen and oxygen atoms in total. The molecule has 0 radical (unpaired) electrons. The van der Waals surface area contributed by atoms with Gasteiger partial charge >= 0.3 is 7.48 Å². The third-order valence-electron chi connectivity index (χ3n) is 2.72. The van der Waals surface area contributed by atoms with Gasteiger partial charge in [0.2, 0.25) is 0 Å². The Morgan fingerprint density at radius 2 is 2.06 bits per heavy atom. The fourth-order valence-corrected chi connectivity index (χ4v) is 1.89. The van der Waals surface area contributed by atoms with Crippen molar-refractivity contribution in [3.63, 3.8) is 0 Å². The number of furan rings is 1. The summed E-state index contributed by atoms with van der Waals surface area (Å²) in [6.07, 6.45) is 3.58. The zero-order valence-corrected chi connectivity index (χ0v) is 9.13. The summed E-state index contributed by atoms with van der Waals surface area (Å²) in [6.45, 7) is 0. The number of hydrogen-bond donors (Lipinski definition) is 1. The Balaban J connectivity index is 2.13. The van der Waals surface area contributed by atoms with Gasteiger partial charge in [0, 0.05) is 23.3 Å². The highest BCUT2D eigenvalue weighted by molar-refractivity contribution is 6.44. The predicted octanol–water partition coefficient (Wildman–Crippen LogP) is 1.46. The van der Waals surface area contributed by atoms with Gasteiger partial charge in [-0.25, -0.2) is 0 Å². The number of benzene rings is 1. The Morgan fingerprint density at radius 3 is 2.82 bits per heavy atom. The van der Waals surface area contributed by atoms with Gasteiger partial charge in [-0.15, -0.1) is 0 Å². The van der Waals surface area contributed by atoms with Gasteiger partial charge in [-0.3, -0.25) is 4.98 Å². The van der Waals surface area contributed by atoms with Crippen LogP contribution in [-0.4, -0.2) is 17.5 Å². The molecule has 1 N–H and O–H groups in total. The molecule has 3 rings (SSSR count). The van der Waals surface area contributed by atoms with Crippen molar-refractivity contribution in [3.8, 4) is 11.1 Å². The predicted molar refractivity (Wildman–Crippen MR) is 68.4 cm³/mol. The van der Waals surface area contributed by atoms with Gasteiger partial charge in [-0.1, -0.05) is 12.1 Å². The molecule has 2 heterocycles. The van der Waals surface area contributed by atoms with Gasteiger partial charge in [-0.05, 0) is 29.8 Å². The SMILES string of the molecule is OBc1cc2cc(-c3cccnc3)ccc2o1. The number of rotatable bonds is 2. The lowest BCUT2D eigenvalue weighted by atomic mass is 9.97. The van der Waals surface area contributed by atoms with E-state index in [0.717, 1.165) is 22.1 Å². The maximum atomic E-state index is 9.02. The lowest BCUT2D eigenvalue weighted by Gasteiger charge is -1.99. The number of pyridine rings is 1. The highest BCUT2D eigenvalue weighted by atomic mass is 16.3. The van der Waals surface area contributed by atoms with E-state index in [1.54, 1.807) is 6.20 Å². The van der Waals surface area contributed by atoms with E-state index in [1.165, 1.54) is 0 Å². The van der Waals surface area contributed by atoms with E-state index >= 15 is 0 Å². The maximum absolute atomic E-state index is 9.02. The number of fused-ring (bicyclic) bond motifs is 1. The molecule has 17 heavy (non-hydrogen) atoms. The quantitative estimate of drug-likeness (QED) is 0.669. The molecule has 4 heteroatoms. The van der Waals surface area contributed by atoms with Crippen molar-refractivity contribution in [3.05, 3.63) is 48.8 Å². The lowest BCUT2D eigenvalue weighted by Crippen LogP contribution is -2.08. The first-order valence-electron chi connectivity index (χ1n) is 5.40. The molecule has 0 atom stereocenters. The van der Waals surface area contributed by atoms with Crippen LogP contribution in [0.1, 0.15) is 0 Å². The van der Waals surface area contributed by atoms with Gasteiger partial charge in [-0.2, -0.15) is 0 Å². The lowest BCUT2D eigenvalue weighted by molar-refractivity contribution is 0.584. The molecular weight excluding hydrogens is 213 g/mol. The Kier molecular flexibility index (Phi) is 2.42. The van der Waals surface area contributed by atoms with Crippen LogP contribution in [0.2, 0.25) is 0 Å². The van der Waals surface area contributed by atoms with Crippen molar-refractivity contribution in [2.45, 2.75) is 0 Å². The smallest absolute Gasteiger partial charge is 0.347 e. The van der Waals surface area contributed by atoms with Crippen LogP contribution >= 0.6 is 0 Å². The van der Waals surface area contributed by atoms with E-state index in [-0.39, 0.29) is 7.48 Å². The second kappa shape index (κ2) is 4.07. The van der Waals surface area contributed by atoms with Gasteiger partial charge in [0.1, 0.15) is 5.58 Å². The molecule has 0 spiro atoms. The number of hydrogen-bond acceptors (Lipinski definition) is 3. The van der Waals surface area contributed by atoms with Gasteiger partial charge in [0.25, 0.3) is 0 Å². The van der Waals surface area contributed by atoms with Crippen molar-refractivity contribution < 1.29 is 9.44 Å². The minimum absolute atomic E-state index is 0.0725. The highest BCUT2D eigenvalue weighted by Crippen LogP contribution is 2.23. The molecule has 0 fully saturated rings. The largest absolute Gasteiger partial charge is 0.468 e. The minimum atomic E-state index is -0.0725. The number of aromatic nitrogens is 1. The van der Waals surface area contributed by atoms with Crippen LogP contribution in [0.5, 0.6) is 0 Å². The van der Waals surface area contributed by atoms with E-state index in [0.29, 0.717) is 5.66 Å². The van der Waals surface area contributed by atoms with E-state index < -0.39 is 0 Å².